The zero-order chi connectivity index (χ0) is 16.2. The van der Waals surface area contributed by atoms with Gasteiger partial charge in [-0.3, -0.25) is 9.69 Å². The molecule has 9 heteroatoms. The van der Waals surface area contributed by atoms with Gasteiger partial charge in [0.2, 0.25) is 5.91 Å². The van der Waals surface area contributed by atoms with Gasteiger partial charge in [0.25, 0.3) is 0 Å². The summed E-state index contributed by atoms with van der Waals surface area (Å²) < 4.78 is 24.8. The molecule has 0 radical (unpaired) electrons. The van der Waals surface area contributed by atoms with E-state index in [1.54, 1.807) is 25.0 Å². The molecular formula is C13H22N4O3S2. The summed E-state index contributed by atoms with van der Waals surface area (Å²) in [6.45, 7) is 0.792. The second kappa shape index (κ2) is 7.47. The van der Waals surface area contributed by atoms with Crippen molar-refractivity contribution in [1.29, 1.82) is 0 Å². The molecule has 124 valence electrons. The maximum atomic E-state index is 11.9. The highest BCUT2D eigenvalue weighted by molar-refractivity contribution is 7.99. The molecule has 1 amide bonds. The summed E-state index contributed by atoms with van der Waals surface area (Å²) in [5.74, 6) is 1.06. The summed E-state index contributed by atoms with van der Waals surface area (Å²) in [6.07, 6.45) is 4.23. The molecule has 0 aliphatic carbocycles. The van der Waals surface area contributed by atoms with Crippen molar-refractivity contribution in [1.82, 2.24) is 19.8 Å². The van der Waals surface area contributed by atoms with Crippen molar-refractivity contribution < 1.29 is 13.2 Å². The fourth-order valence-corrected chi connectivity index (χ4v) is 4.95. The number of sulfone groups is 1. The van der Waals surface area contributed by atoms with E-state index in [2.05, 4.69) is 10.3 Å². The van der Waals surface area contributed by atoms with Gasteiger partial charge < -0.3 is 9.88 Å². The Morgan fingerprint density at radius 2 is 2.36 bits per heavy atom. The fourth-order valence-electron chi connectivity index (χ4n) is 2.36. The first kappa shape index (κ1) is 17.3. The van der Waals surface area contributed by atoms with Crippen LogP contribution in [0.4, 0.5) is 0 Å². The van der Waals surface area contributed by atoms with E-state index in [-0.39, 0.29) is 30.0 Å². The molecule has 0 spiro atoms. The molecule has 2 rings (SSSR count). The third kappa shape index (κ3) is 4.99. The number of carbonyl (C=O) groups is 1. The van der Waals surface area contributed by atoms with Gasteiger partial charge in [-0.15, -0.1) is 0 Å². The molecule has 1 atom stereocenters. The molecular weight excluding hydrogens is 324 g/mol. The summed E-state index contributed by atoms with van der Waals surface area (Å²) in [5.41, 5.74) is 0. The normalized spacial score (nSPS) is 20.4. The Morgan fingerprint density at radius 1 is 1.59 bits per heavy atom. The monoisotopic (exact) mass is 346 g/mol. The van der Waals surface area contributed by atoms with Crippen molar-refractivity contribution in [2.45, 2.75) is 17.6 Å². The number of rotatable bonds is 7. The number of thioether (sulfide) groups is 1. The maximum Gasteiger partial charge on any atom is 0.234 e. The topological polar surface area (TPSA) is 84.3 Å². The van der Waals surface area contributed by atoms with Crippen molar-refractivity contribution >= 4 is 27.5 Å². The summed E-state index contributed by atoms with van der Waals surface area (Å²) in [6, 6.07) is -0.0438. The minimum absolute atomic E-state index is 0.0438. The Labute approximate surface area is 135 Å². The average Bonchev–Trinajstić information content (AvgIpc) is 3.00. The highest BCUT2D eigenvalue weighted by Gasteiger charge is 2.31. The largest absolute Gasteiger partial charge is 0.354 e. The number of aryl methyl sites for hydroxylation is 1. The molecule has 1 aliphatic heterocycles. The van der Waals surface area contributed by atoms with Crippen molar-refractivity contribution in [2.24, 2.45) is 7.05 Å². The summed E-state index contributed by atoms with van der Waals surface area (Å²) >= 11 is 1.58. The van der Waals surface area contributed by atoms with Crippen LogP contribution in [0.3, 0.4) is 0 Å². The van der Waals surface area contributed by atoms with Gasteiger partial charge in [0.05, 0.1) is 18.1 Å². The van der Waals surface area contributed by atoms with E-state index in [1.807, 2.05) is 22.7 Å². The van der Waals surface area contributed by atoms with Gasteiger partial charge in [0, 0.05) is 37.8 Å². The first-order valence-corrected chi connectivity index (χ1v) is 9.95. The number of hydrogen-bond donors (Lipinski definition) is 1. The van der Waals surface area contributed by atoms with Gasteiger partial charge in [0.1, 0.15) is 0 Å². The van der Waals surface area contributed by atoms with Crippen LogP contribution in [0.15, 0.2) is 17.6 Å². The standard InChI is InChI=1S/C13H22N4O3S2/c1-16-6-4-15-13(16)21-7-5-14-12(18)9-17(2)11-3-8-22(19,20)10-11/h4,6,11H,3,5,7-10H2,1-2H3,(H,14,18)/t11-/m0/s1. The van der Waals surface area contributed by atoms with Crippen molar-refractivity contribution in [3.8, 4) is 0 Å². The van der Waals surface area contributed by atoms with Crippen LogP contribution < -0.4 is 5.32 Å². The van der Waals surface area contributed by atoms with Crippen molar-refractivity contribution in [3.63, 3.8) is 0 Å². The first-order valence-electron chi connectivity index (χ1n) is 7.15. The number of imidazole rings is 1. The van der Waals surface area contributed by atoms with E-state index in [1.165, 1.54) is 0 Å². The quantitative estimate of drug-likeness (QED) is 0.541. The first-order chi connectivity index (χ1) is 10.4. The summed E-state index contributed by atoms with van der Waals surface area (Å²) in [5, 5.41) is 3.77. The maximum absolute atomic E-state index is 11.9. The molecule has 0 unspecified atom stereocenters. The molecule has 1 fully saturated rings. The van der Waals surface area contributed by atoms with Gasteiger partial charge in [-0.1, -0.05) is 11.8 Å². The number of aromatic nitrogens is 2. The van der Waals surface area contributed by atoms with Gasteiger partial charge in [-0.25, -0.2) is 13.4 Å². The Balaban J connectivity index is 1.64. The Hall–Kier alpha value is -1.06. The van der Waals surface area contributed by atoms with Crippen LogP contribution in [0.5, 0.6) is 0 Å². The van der Waals surface area contributed by atoms with Crippen LogP contribution >= 0.6 is 11.8 Å². The van der Waals surface area contributed by atoms with Crippen molar-refractivity contribution in [2.75, 3.05) is 37.4 Å². The van der Waals surface area contributed by atoms with Crippen LogP contribution in [0, 0.1) is 0 Å². The van der Waals surface area contributed by atoms with Crippen molar-refractivity contribution in [3.05, 3.63) is 12.4 Å². The lowest BCUT2D eigenvalue weighted by molar-refractivity contribution is -0.122. The van der Waals surface area contributed by atoms with Crippen LogP contribution in [-0.2, 0) is 21.7 Å². The number of nitrogens with zero attached hydrogens (tertiary/aromatic N) is 3. The zero-order valence-electron chi connectivity index (χ0n) is 12.9. The van der Waals surface area contributed by atoms with E-state index >= 15 is 0 Å². The number of likely N-dealkylation sites (N-methyl/N-ethyl adjacent to an activating group) is 1. The lowest BCUT2D eigenvalue weighted by atomic mass is 10.2. The van der Waals surface area contributed by atoms with E-state index in [0.717, 1.165) is 10.9 Å². The fraction of sp³-hybridized carbons (Fsp3) is 0.692. The number of amides is 1. The average molecular weight is 346 g/mol. The van der Waals surface area contributed by atoms with Gasteiger partial charge in [-0.2, -0.15) is 0 Å². The zero-order valence-corrected chi connectivity index (χ0v) is 14.5. The summed E-state index contributed by atoms with van der Waals surface area (Å²) in [4.78, 5) is 17.9. The molecule has 1 aromatic rings. The van der Waals surface area contributed by atoms with Crippen LogP contribution in [-0.4, -0.2) is 72.2 Å². The minimum Gasteiger partial charge on any atom is -0.354 e. The lowest BCUT2D eigenvalue weighted by Crippen LogP contribution is -2.41. The van der Waals surface area contributed by atoms with E-state index < -0.39 is 9.84 Å². The molecule has 0 bridgehead atoms. The Kier molecular flexibility index (Phi) is 5.87. The highest BCUT2D eigenvalue weighted by atomic mass is 32.2. The van der Waals surface area contributed by atoms with Crippen LogP contribution in [0.1, 0.15) is 6.42 Å². The lowest BCUT2D eigenvalue weighted by Gasteiger charge is -2.22. The molecule has 7 nitrogen and oxygen atoms in total. The third-order valence-corrected chi connectivity index (χ3v) is 6.47. The predicted octanol–water partition coefficient (Wildman–Crippen LogP) is -0.253. The van der Waals surface area contributed by atoms with Gasteiger partial charge in [-0.05, 0) is 13.5 Å². The van der Waals surface area contributed by atoms with E-state index in [9.17, 15) is 13.2 Å². The highest BCUT2D eigenvalue weighted by Crippen LogP contribution is 2.16. The van der Waals surface area contributed by atoms with E-state index in [0.29, 0.717) is 13.0 Å². The molecule has 1 saturated heterocycles. The molecule has 0 aromatic carbocycles. The molecule has 22 heavy (non-hydrogen) atoms. The summed E-state index contributed by atoms with van der Waals surface area (Å²) in [7, 11) is 0.816. The van der Waals surface area contributed by atoms with Crippen LogP contribution in [0.2, 0.25) is 0 Å². The smallest absolute Gasteiger partial charge is 0.234 e. The van der Waals surface area contributed by atoms with E-state index in [4.69, 9.17) is 0 Å². The van der Waals surface area contributed by atoms with Gasteiger partial charge >= 0.3 is 0 Å². The van der Waals surface area contributed by atoms with Gasteiger partial charge in [0.15, 0.2) is 15.0 Å². The van der Waals surface area contributed by atoms with Crippen LogP contribution in [0.25, 0.3) is 0 Å². The molecule has 1 aliphatic rings. The minimum atomic E-state index is -2.91. The number of nitrogens with one attached hydrogen (secondary N) is 1. The predicted molar refractivity (Wildman–Crippen MR) is 86.6 cm³/mol. The Morgan fingerprint density at radius 3 is 2.95 bits per heavy atom. The molecule has 0 saturated carbocycles. The second-order valence-electron chi connectivity index (χ2n) is 5.49. The SMILES string of the molecule is CN(CC(=O)NCCSc1nccn1C)[C@H]1CCS(=O)(=O)C1. The third-order valence-electron chi connectivity index (χ3n) is 3.66. The Bertz CT molecular complexity index is 615. The number of hydrogen-bond acceptors (Lipinski definition) is 6. The molecule has 2 heterocycles. The molecule has 1 aromatic heterocycles. The molecule has 1 N–H and O–H groups in total. The number of carbonyl (C=O) groups excluding carboxylic acids is 1. The second-order valence-corrected chi connectivity index (χ2v) is 8.78.